The summed E-state index contributed by atoms with van der Waals surface area (Å²) in [6.07, 6.45) is 0.582. The second-order valence-electron chi connectivity index (χ2n) is 7.56. The summed E-state index contributed by atoms with van der Waals surface area (Å²) in [4.78, 5) is 38.7. The summed E-state index contributed by atoms with van der Waals surface area (Å²) in [5, 5.41) is 4.75. The Hall–Kier alpha value is -3.67. The number of methoxy groups -OCH3 is 1. The Labute approximate surface area is 180 Å². The van der Waals surface area contributed by atoms with E-state index in [9.17, 15) is 14.4 Å². The lowest BCUT2D eigenvalue weighted by atomic mass is 9.98. The summed E-state index contributed by atoms with van der Waals surface area (Å²) >= 11 is 0. The average molecular weight is 416 g/mol. The van der Waals surface area contributed by atoms with Crippen LogP contribution in [0.15, 0.2) is 60.7 Å². The van der Waals surface area contributed by atoms with E-state index in [0.717, 1.165) is 21.9 Å². The Morgan fingerprint density at radius 1 is 1.00 bits per heavy atom. The minimum Gasteiger partial charge on any atom is -0.465 e. The molecule has 1 aliphatic heterocycles. The number of piperazine rings is 1. The van der Waals surface area contributed by atoms with Crippen molar-refractivity contribution in [3.8, 4) is 11.1 Å². The molecule has 1 atom stereocenters. The lowest BCUT2D eigenvalue weighted by molar-refractivity contribution is -0.127. The molecule has 1 heterocycles. The Morgan fingerprint density at radius 2 is 1.74 bits per heavy atom. The smallest absolute Gasteiger partial charge is 0.337 e. The summed E-state index contributed by atoms with van der Waals surface area (Å²) < 4.78 is 4.81. The largest absolute Gasteiger partial charge is 0.465 e. The SMILES string of the molecule is CCC1C(=O)NCCN1C(=O)c1ccc2cc(-c3cccc(C(=O)OC)c3)ccc2c1. The number of amides is 2. The number of carbonyl (C=O) groups excluding carboxylic acids is 3. The molecule has 0 aliphatic carbocycles. The summed E-state index contributed by atoms with van der Waals surface area (Å²) in [6.45, 7) is 2.90. The van der Waals surface area contributed by atoms with Crippen molar-refractivity contribution in [2.75, 3.05) is 20.2 Å². The van der Waals surface area contributed by atoms with Gasteiger partial charge in [-0.15, -0.1) is 0 Å². The quantitative estimate of drug-likeness (QED) is 0.659. The Morgan fingerprint density at radius 3 is 2.52 bits per heavy atom. The third kappa shape index (κ3) is 4.01. The Bertz CT molecular complexity index is 1170. The van der Waals surface area contributed by atoms with Gasteiger partial charge in [-0.3, -0.25) is 9.59 Å². The molecule has 6 heteroatoms. The van der Waals surface area contributed by atoms with Crippen molar-refractivity contribution in [3.63, 3.8) is 0 Å². The van der Waals surface area contributed by atoms with E-state index < -0.39 is 6.04 Å². The zero-order valence-electron chi connectivity index (χ0n) is 17.6. The highest BCUT2D eigenvalue weighted by atomic mass is 16.5. The first kappa shape index (κ1) is 20.6. The van der Waals surface area contributed by atoms with Crippen LogP contribution in [0.25, 0.3) is 21.9 Å². The van der Waals surface area contributed by atoms with Crippen molar-refractivity contribution in [3.05, 3.63) is 71.8 Å². The van der Waals surface area contributed by atoms with E-state index in [1.54, 1.807) is 23.1 Å². The molecular weight excluding hydrogens is 392 g/mol. The fourth-order valence-corrected chi connectivity index (χ4v) is 4.03. The molecule has 31 heavy (non-hydrogen) atoms. The molecule has 0 radical (unpaired) electrons. The van der Waals surface area contributed by atoms with Gasteiger partial charge in [0.15, 0.2) is 0 Å². The maximum Gasteiger partial charge on any atom is 0.337 e. The minimum atomic E-state index is -0.429. The van der Waals surface area contributed by atoms with Crippen molar-refractivity contribution in [1.82, 2.24) is 10.2 Å². The van der Waals surface area contributed by atoms with Crippen LogP contribution in [0.2, 0.25) is 0 Å². The molecule has 0 spiro atoms. The predicted molar refractivity (Wildman–Crippen MR) is 119 cm³/mol. The molecule has 158 valence electrons. The van der Waals surface area contributed by atoms with Gasteiger partial charge < -0.3 is 15.0 Å². The first-order chi connectivity index (χ1) is 15.0. The van der Waals surface area contributed by atoms with Gasteiger partial charge in [0.1, 0.15) is 6.04 Å². The van der Waals surface area contributed by atoms with Crippen LogP contribution in [-0.4, -0.2) is 48.9 Å². The van der Waals surface area contributed by atoms with Crippen LogP contribution in [0.4, 0.5) is 0 Å². The second-order valence-corrected chi connectivity index (χ2v) is 7.56. The molecule has 6 nitrogen and oxygen atoms in total. The van der Waals surface area contributed by atoms with E-state index in [4.69, 9.17) is 4.74 Å². The summed E-state index contributed by atoms with van der Waals surface area (Å²) in [7, 11) is 1.36. The molecule has 0 bridgehead atoms. The Kier molecular flexibility index (Phi) is 5.71. The number of carbonyl (C=O) groups is 3. The van der Waals surface area contributed by atoms with E-state index in [-0.39, 0.29) is 17.8 Å². The van der Waals surface area contributed by atoms with Crippen molar-refractivity contribution in [2.45, 2.75) is 19.4 Å². The predicted octanol–water partition coefficient (Wildman–Crippen LogP) is 3.64. The highest BCUT2D eigenvalue weighted by molar-refractivity contribution is 6.01. The molecule has 1 aliphatic rings. The zero-order valence-corrected chi connectivity index (χ0v) is 17.6. The van der Waals surface area contributed by atoms with E-state index >= 15 is 0 Å². The van der Waals surface area contributed by atoms with Crippen molar-refractivity contribution >= 4 is 28.6 Å². The lowest BCUT2D eigenvalue weighted by Crippen LogP contribution is -2.56. The van der Waals surface area contributed by atoms with Gasteiger partial charge in [0.25, 0.3) is 5.91 Å². The van der Waals surface area contributed by atoms with E-state index in [1.807, 2.05) is 49.4 Å². The highest BCUT2D eigenvalue weighted by Gasteiger charge is 2.32. The average Bonchev–Trinajstić information content (AvgIpc) is 2.82. The highest BCUT2D eigenvalue weighted by Crippen LogP contribution is 2.27. The fraction of sp³-hybridized carbons (Fsp3) is 0.240. The number of fused-ring (bicyclic) bond motifs is 1. The molecule has 1 fully saturated rings. The van der Waals surface area contributed by atoms with Crippen LogP contribution in [0.1, 0.15) is 34.1 Å². The van der Waals surface area contributed by atoms with Crippen molar-refractivity contribution in [1.29, 1.82) is 0 Å². The van der Waals surface area contributed by atoms with Gasteiger partial charge in [0, 0.05) is 18.7 Å². The molecule has 0 aromatic heterocycles. The molecule has 4 rings (SSSR count). The van der Waals surface area contributed by atoms with Crippen LogP contribution in [0.5, 0.6) is 0 Å². The molecule has 1 unspecified atom stereocenters. The number of esters is 1. The van der Waals surface area contributed by atoms with Gasteiger partial charge in [0.2, 0.25) is 5.91 Å². The van der Waals surface area contributed by atoms with E-state index in [0.29, 0.717) is 30.6 Å². The van der Waals surface area contributed by atoms with Gasteiger partial charge in [-0.2, -0.15) is 0 Å². The van der Waals surface area contributed by atoms with Crippen molar-refractivity contribution < 1.29 is 19.1 Å². The minimum absolute atomic E-state index is 0.0956. The van der Waals surface area contributed by atoms with Crippen LogP contribution in [0, 0.1) is 0 Å². The zero-order chi connectivity index (χ0) is 22.0. The van der Waals surface area contributed by atoms with Gasteiger partial charge in [-0.25, -0.2) is 4.79 Å². The van der Waals surface area contributed by atoms with E-state index in [2.05, 4.69) is 5.32 Å². The monoisotopic (exact) mass is 416 g/mol. The number of benzene rings is 3. The molecule has 3 aromatic carbocycles. The van der Waals surface area contributed by atoms with Gasteiger partial charge in [0.05, 0.1) is 12.7 Å². The van der Waals surface area contributed by atoms with Gasteiger partial charge in [-0.1, -0.05) is 37.3 Å². The van der Waals surface area contributed by atoms with Crippen molar-refractivity contribution in [2.24, 2.45) is 0 Å². The maximum absolute atomic E-state index is 13.1. The first-order valence-electron chi connectivity index (χ1n) is 10.3. The maximum atomic E-state index is 13.1. The molecular formula is C25H24N2O4. The standard InChI is InChI=1S/C25H24N2O4/c1-3-22-23(28)26-11-12-27(22)24(29)20-10-9-18-13-17(7-8-19(18)14-20)16-5-4-6-21(15-16)25(30)31-2/h4-10,13-15,22H,3,11-12H2,1-2H3,(H,26,28). The second kappa shape index (κ2) is 8.60. The summed E-state index contributed by atoms with van der Waals surface area (Å²) in [5.41, 5.74) is 2.95. The topological polar surface area (TPSA) is 75.7 Å². The fourth-order valence-electron chi connectivity index (χ4n) is 4.03. The molecule has 3 aromatic rings. The van der Waals surface area contributed by atoms with Gasteiger partial charge >= 0.3 is 5.97 Å². The molecule has 0 saturated carbocycles. The first-order valence-corrected chi connectivity index (χ1v) is 10.3. The third-order valence-electron chi connectivity index (χ3n) is 5.68. The lowest BCUT2D eigenvalue weighted by Gasteiger charge is -2.34. The van der Waals surface area contributed by atoms with Crippen LogP contribution in [0.3, 0.4) is 0 Å². The van der Waals surface area contributed by atoms with Crippen LogP contribution < -0.4 is 5.32 Å². The van der Waals surface area contributed by atoms with E-state index in [1.165, 1.54) is 7.11 Å². The Balaban J connectivity index is 1.64. The molecule has 1 N–H and O–H groups in total. The normalized spacial score (nSPS) is 16.1. The third-order valence-corrected chi connectivity index (χ3v) is 5.68. The number of hydrogen-bond acceptors (Lipinski definition) is 4. The number of rotatable bonds is 4. The number of nitrogens with zero attached hydrogens (tertiary/aromatic N) is 1. The molecule has 1 saturated heterocycles. The van der Waals surface area contributed by atoms with Gasteiger partial charge in [-0.05, 0) is 58.7 Å². The number of nitrogens with one attached hydrogen (secondary N) is 1. The van der Waals surface area contributed by atoms with Crippen LogP contribution >= 0.6 is 0 Å². The number of ether oxygens (including phenoxy) is 1. The summed E-state index contributed by atoms with van der Waals surface area (Å²) in [6, 6.07) is 18.4. The van der Waals surface area contributed by atoms with Crippen LogP contribution in [-0.2, 0) is 9.53 Å². The molecule has 2 amide bonds. The number of hydrogen-bond donors (Lipinski definition) is 1. The summed E-state index contributed by atoms with van der Waals surface area (Å²) in [5.74, 6) is -0.595.